The first-order chi connectivity index (χ1) is 9.04. The van der Waals surface area contributed by atoms with Crippen LogP contribution in [0.4, 0.5) is 4.79 Å². The number of aryl methyl sites for hydroxylation is 1. The molecule has 0 radical (unpaired) electrons. The minimum Gasteiger partial charge on any atom is -0.480 e. The number of carbonyl (C=O) groups excluding carboxylic acids is 1. The van der Waals surface area contributed by atoms with Crippen LogP contribution in [0.3, 0.4) is 0 Å². The molecule has 1 heterocycles. The maximum Gasteiger partial charge on any atom is 0.328 e. The number of carboxylic acids is 1. The smallest absolute Gasteiger partial charge is 0.328 e. The number of carboxylic acid groups (broad SMARTS) is 1. The van der Waals surface area contributed by atoms with Gasteiger partial charge in [0.1, 0.15) is 0 Å². The van der Waals surface area contributed by atoms with E-state index in [0.717, 1.165) is 5.69 Å². The molecule has 0 bridgehead atoms. The highest BCUT2D eigenvalue weighted by molar-refractivity contribution is 5.82. The summed E-state index contributed by atoms with van der Waals surface area (Å²) in [5, 5.41) is 17.7. The average Bonchev–Trinajstić information content (AvgIpc) is 2.74. The third kappa shape index (κ3) is 4.96. The molecular weight excluding hydrogens is 252 g/mol. The standard InChI is InChI=1S/C11H18N4O4/c1-15-8(4-6-13-15)3-5-12-11(18)14-9(7-19-2)10(16)17/h4,6,9H,3,5,7H2,1-2H3,(H,16,17)(H2,12,14,18). The fourth-order valence-corrected chi connectivity index (χ4v) is 1.50. The molecule has 8 nitrogen and oxygen atoms in total. The number of carbonyl (C=O) groups is 2. The Morgan fingerprint density at radius 2 is 2.32 bits per heavy atom. The summed E-state index contributed by atoms with van der Waals surface area (Å²) in [4.78, 5) is 22.3. The zero-order valence-electron chi connectivity index (χ0n) is 10.9. The monoisotopic (exact) mass is 270 g/mol. The van der Waals surface area contributed by atoms with Gasteiger partial charge >= 0.3 is 12.0 Å². The highest BCUT2D eigenvalue weighted by Gasteiger charge is 2.19. The minimum absolute atomic E-state index is 0.0789. The lowest BCUT2D eigenvalue weighted by atomic mass is 10.3. The maximum absolute atomic E-state index is 11.5. The van der Waals surface area contributed by atoms with Crippen molar-refractivity contribution < 1.29 is 19.4 Å². The molecule has 1 aromatic heterocycles. The van der Waals surface area contributed by atoms with Crippen LogP contribution in [0, 0.1) is 0 Å². The second-order valence-electron chi connectivity index (χ2n) is 3.94. The van der Waals surface area contributed by atoms with Gasteiger partial charge < -0.3 is 20.5 Å². The predicted molar refractivity (Wildman–Crippen MR) is 66.7 cm³/mol. The highest BCUT2D eigenvalue weighted by atomic mass is 16.5. The number of ether oxygens (including phenoxy) is 1. The Hall–Kier alpha value is -2.09. The summed E-state index contributed by atoms with van der Waals surface area (Å²) >= 11 is 0. The molecule has 0 aliphatic rings. The molecule has 3 N–H and O–H groups in total. The van der Waals surface area contributed by atoms with Gasteiger partial charge in [-0.25, -0.2) is 9.59 Å². The molecule has 0 fully saturated rings. The Bertz CT molecular complexity index is 432. The summed E-state index contributed by atoms with van der Waals surface area (Å²) in [6.07, 6.45) is 2.29. The molecule has 1 rings (SSSR count). The molecule has 0 aliphatic carbocycles. The van der Waals surface area contributed by atoms with E-state index < -0.39 is 18.0 Å². The third-order valence-electron chi connectivity index (χ3n) is 2.53. The maximum atomic E-state index is 11.5. The summed E-state index contributed by atoms with van der Waals surface area (Å²) in [6.45, 7) is 0.315. The first kappa shape index (κ1) is 15.0. The van der Waals surface area contributed by atoms with E-state index in [4.69, 9.17) is 9.84 Å². The largest absolute Gasteiger partial charge is 0.480 e. The van der Waals surface area contributed by atoms with Crippen LogP contribution in [0.1, 0.15) is 5.69 Å². The first-order valence-corrected chi connectivity index (χ1v) is 5.77. The molecule has 0 saturated heterocycles. The summed E-state index contributed by atoms with van der Waals surface area (Å²) in [6, 6.07) is 0.262. The molecule has 0 aliphatic heterocycles. The van der Waals surface area contributed by atoms with Gasteiger partial charge in [-0.2, -0.15) is 5.10 Å². The predicted octanol–water partition coefficient (Wildman–Crippen LogP) is -0.639. The molecule has 1 aromatic rings. The SMILES string of the molecule is COCC(NC(=O)NCCc1ccnn1C)C(=O)O. The molecular formula is C11H18N4O4. The summed E-state index contributed by atoms with van der Waals surface area (Å²) in [5.41, 5.74) is 0.979. The van der Waals surface area contributed by atoms with Gasteiger partial charge in [0, 0.05) is 39.0 Å². The van der Waals surface area contributed by atoms with Gasteiger partial charge in [-0.1, -0.05) is 0 Å². The van der Waals surface area contributed by atoms with Crippen LogP contribution < -0.4 is 10.6 Å². The third-order valence-corrected chi connectivity index (χ3v) is 2.53. The molecule has 1 atom stereocenters. The zero-order chi connectivity index (χ0) is 14.3. The van der Waals surface area contributed by atoms with E-state index in [-0.39, 0.29) is 6.61 Å². The van der Waals surface area contributed by atoms with Gasteiger partial charge in [0.15, 0.2) is 6.04 Å². The summed E-state index contributed by atoms with van der Waals surface area (Å²) in [7, 11) is 3.19. The lowest BCUT2D eigenvalue weighted by molar-refractivity contribution is -0.140. The number of hydrogen-bond acceptors (Lipinski definition) is 4. The molecule has 0 saturated carbocycles. The number of hydrogen-bond donors (Lipinski definition) is 3. The van der Waals surface area contributed by atoms with Crippen molar-refractivity contribution in [3.05, 3.63) is 18.0 Å². The number of aliphatic carboxylic acids is 1. The Labute approximate surface area is 110 Å². The Morgan fingerprint density at radius 3 is 2.84 bits per heavy atom. The van der Waals surface area contributed by atoms with Gasteiger partial charge in [0.25, 0.3) is 0 Å². The van der Waals surface area contributed by atoms with Crippen molar-refractivity contribution in [3.8, 4) is 0 Å². The molecule has 19 heavy (non-hydrogen) atoms. The number of methoxy groups -OCH3 is 1. The number of urea groups is 1. The lowest BCUT2D eigenvalue weighted by Gasteiger charge is -2.14. The van der Waals surface area contributed by atoms with Gasteiger partial charge in [-0.05, 0) is 6.07 Å². The van der Waals surface area contributed by atoms with E-state index in [1.54, 1.807) is 10.9 Å². The van der Waals surface area contributed by atoms with Crippen molar-refractivity contribution in [1.29, 1.82) is 0 Å². The average molecular weight is 270 g/mol. The van der Waals surface area contributed by atoms with E-state index in [9.17, 15) is 9.59 Å². The summed E-state index contributed by atoms with van der Waals surface area (Å²) < 4.78 is 6.42. The van der Waals surface area contributed by atoms with Crippen molar-refractivity contribution in [2.45, 2.75) is 12.5 Å². The Kier molecular flexibility index (Phi) is 5.80. The first-order valence-electron chi connectivity index (χ1n) is 5.77. The fraction of sp³-hybridized carbons (Fsp3) is 0.545. The Balaban J connectivity index is 2.31. The molecule has 1 unspecified atom stereocenters. The van der Waals surface area contributed by atoms with Crippen LogP contribution in [-0.4, -0.2) is 53.2 Å². The number of aromatic nitrogens is 2. The van der Waals surface area contributed by atoms with E-state index in [2.05, 4.69) is 15.7 Å². The fourth-order valence-electron chi connectivity index (χ4n) is 1.50. The number of nitrogens with one attached hydrogen (secondary N) is 2. The van der Waals surface area contributed by atoms with Crippen molar-refractivity contribution >= 4 is 12.0 Å². The Morgan fingerprint density at radius 1 is 1.58 bits per heavy atom. The van der Waals surface area contributed by atoms with Gasteiger partial charge in [0.2, 0.25) is 0 Å². The van der Waals surface area contributed by atoms with Crippen molar-refractivity contribution in [2.75, 3.05) is 20.3 Å². The normalized spacial score (nSPS) is 11.9. The van der Waals surface area contributed by atoms with Gasteiger partial charge in [-0.3, -0.25) is 4.68 Å². The van der Waals surface area contributed by atoms with Crippen molar-refractivity contribution in [3.63, 3.8) is 0 Å². The lowest BCUT2D eigenvalue weighted by Crippen LogP contribution is -2.48. The molecule has 8 heteroatoms. The second kappa shape index (κ2) is 7.37. The molecule has 2 amide bonds. The molecule has 106 valence electrons. The molecule has 0 aromatic carbocycles. The van der Waals surface area contributed by atoms with Crippen LogP contribution >= 0.6 is 0 Å². The van der Waals surface area contributed by atoms with Crippen LogP contribution in [0.2, 0.25) is 0 Å². The molecule has 0 spiro atoms. The second-order valence-corrected chi connectivity index (χ2v) is 3.94. The van der Waals surface area contributed by atoms with E-state index in [1.165, 1.54) is 7.11 Å². The van der Waals surface area contributed by atoms with Crippen molar-refractivity contribution in [2.24, 2.45) is 7.05 Å². The minimum atomic E-state index is -1.14. The van der Waals surface area contributed by atoms with Crippen LogP contribution in [0.5, 0.6) is 0 Å². The summed E-state index contributed by atoms with van der Waals surface area (Å²) in [5.74, 6) is -1.14. The van der Waals surface area contributed by atoms with E-state index >= 15 is 0 Å². The van der Waals surface area contributed by atoms with Crippen LogP contribution in [-0.2, 0) is 23.0 Å². The highest BCUT2D eigenvalue weighted by Crippen LogP contribution is 1.96. The van der Waals surface area contributed by atoms with Crippen LogP contribution in [0.25, 0.3) is 0 Å². The van der Waals surface area contributed by atoms with Gasteiger partial charge in [0.05, 0.1) is 6.61 Å². The van der Waals surface area contributed by atoms with E-state index in [0.29, 0.717) is 13.0 Å². The number of nitrogens with zero attached hydrogens (tertiary/aromatic N) is 2. The number of rotatable bonds is 7. The quantitative estimate of drug-likeness (QED) is 0.611. The number of amides is 2. The topological polar surface area (TPSA) is 105 Å². The van der Waals surface area contributed by atoms with Gasteiger partial charge in [-0.15, -0.1) is 0 Å². The van der Waals surface area contributed by atoms with Crippen molar-refractivity contribution in [1.82, 2.24) is 20.4 Å². The van der Waals surface area contributed by atoms with E-state index in [1.807, 2.05) is 13.1 Å². The zero-order valence-corrected chi connectivity index (χ0v) is 10.9. The van der Waals surface area contributed by atoms with Crippen LogP contribution in [0.15, 0.2) is 12.3 Å².